The molecule has 0 bridgehead atoms. The molecule has 0 saturated heterocycles. The maximum Gasteiger partial charge on any atom is 2.00 e. The van der Waals surface area contributed by atoms with E-state index in [1.165, 1.54) is 9.36 Å². The van der Waals surface area contributed by atoms with Crippen molar-refractivity contribution in [1.29, 1.82) is 0 Å². The SMILES string of the molecule is CC(C)(c1cccc(-n2[c-]c(F)cn2)n1)c1cccc(-n2[c-]c(F)cn2)n1.[Pt+2]. The Bertz CT molecular complexity index is 1020. The van der Waals surface area contributed by atoms with E-state index in [1.807, 2.05) is 38.1 Å². The van der Waals surface area contributed by atoms with Crippen LogP contribution in [0.3, 0.4) is 0 Å². The Kier molecular flexibility index (Phi) is 5.51. The standard InChI is InChI=1S/C19H14F2N6.Pt/c1-19(2,15-5-3-7-17(24-15)26-11-13(20)9-22-26)16-6-4-8-18(25-16)27-12-14(21)10-23-27;/h3-10H,1-2H3;/q-2;+2. The van der Waals surface area contributed by atoms with Gasteiger partial charge in [-0.1, -0.05) is 24.3 Å². The van der Waals surface area contributed by atoms with Gasteiger partial charge in [-0.05, 0) is 50.8 Å². The van der Waals surface area contributed by atoms with Crippen LogP contribution in [0.4, 0.5) is 8.78 Å². The smallest absolute Gasteiger partial charge is 0.341 e. The predicted molar refractivity (Wildman–Crippen MR) is 92.4 cm³/mol. The van der Waals surface area contributed by atoms with Crippen molar-refractivity contribution in [3.8, 4) is 11.6 Å². The summed E-state index contributed by atoms with van der Waals surface area (Å²) in [5.74, 6) is -0.219. The molecule has 0 spiro atoms. The van der Waals surface area contributed by atoms with Gasteiger partial charge in [0.15, 0.2) is 0 Å². The molecule has 6 nitrogen and oxygen atoms in total. The molecule has 0 saturated carbocycles. The first-order chi connectivity index (χ1) is 12.9. The van der Waals surface area contributed by atoms with Crippen molar-refractivity contribution >= 4 is 0 Å². The first kappa shape index (κ1) is 20.0. The minimum absolute atomic E-state index is 0. The molecule has 28 heavy (non-hydrogen) atoms. The van der Waals surface area contributed by atoms with Gasteiger partial charge in [-0.15, -0.1) is 0 Å². The van der Waals surface area contributed by atoms with Crippen LogP contribution in [0.2, 0.25) is 0 Å². The third-order valence-electron chi connectivity index (χ3n) is 4.18. The Hall–Kier alpha value is -2.73. The van der Waals surface area contributed by atoms with Gasteiger partial charge >= 0.3 is 21.1 Å². The van der Waals surface area contributed by atoms with Crippen molar-refractivity contribution in [3.05, 3.63) is 84.2 Å². The van der Waals surface area contributed by atoms with Gasteiger partial charge in [0, 0.05) is 16.8 Å². The first-order valence-corrected chi connectivity index (χ1v) is 8.15. The zero-order chi connectivity index (χ0) is 19.0. The number of hydrogen-bond acceptors (Lipinski definition) is 4. The quantitative estimate of drug-likeness (QED) is 0.361. The van der Waals surface area contributed by atoms with Crippen LogP contribution in [0, 0.1) is 24.0 Å². The molecule has 0 aliphatic heterocycles. The van der Waals surface area contributed by atoms with Crippen molar-refractivity contribution in [2.75, 3.05) is 0 Å². The Balaban J connectivity index is 0.00000225. The fourth-order valence-electron chi connectivity index (χ4n) is 2.68. The second kappa shape index (κ2) is 7.71. The van der Waals surface area contributed by atoms with E-state index in [4.69, 9.17) is 0 Å². The van der Waals surface area contributed by atoms with Gasteiger partial charge in [0.1, 0.15) is 0 Å². The molecule has 0 aliphatic rings. The monoisotopic (exact) mass is 559 g/mol. The third kappa shape index (κ3) is 3.78. The van der Waals surface area contributed by atoms with Crippen LogP contribution < -0.4 is 0 Å². The molecule has 0 N–H and O–H groups in total. The van der Waals surface area contributed by atoms with E-state index in [0.717, 1.165) is 12.4 Å². The van der Waals surface area contributed by atoms with Gasteiger partial charge < -0.3 is 9.36 Å². The van der Waals surface area contributed by atoms with E-state index in [0.29, 0.717) is 23.0 Å². The van der Waals surface area contributed by atoms with Gasteiger partial charge in [0.25, 0.3) is 0 Å². The average Bonchev–Trinajstić information content (AvgIpc) is 3.30. The number of pyridine rings is 2. The summed E-state index contributed by atoms with van der Waals surface area (Å²) in [5.41, 5.74) is 0.845. The molecule has 0 aromatic carbocycles. The summed E-state index contributed by atoms with van der Waals surface area (Å²) in [6, 6.07) is 10.8. The summed E-state index contributed by atoms with van der Waals surface area (Å²) in [7, 11) is 0. The molecule has 0 aliphatic carbocycles. The fraction of sp³-hybridized carbons (Fsp3) is 0.158. The van der Waals surface area contributed by atoms with Crippen molar-refractivity contribution < 1.29 is 29.8 Å². The van der Waals surface area contributed by atoms with Gasteiger partial charge in [0.2, 0.25) is 0 Å². The minimum Gasteiger partial charge on any atom is -0.341 e. The Morgan fingerprint density at radius 2 is 1.21 bits per heavy atom. The second-order valence-corrected chi connectivity index (χ2v) is 6.42. The Morgan fingerprint density at radius 1 is 0.786 bits per heavy atom. The van der Waals surface area contributed by atoms with Crippen molar-refractivity contribution in [3.63, 3.8) is 0 Å². The van der Waals surface area contributed by atoms with Crippen molar-refractivity contribution in [2.24, 2.45) is 0 Å². The number of rotatable bonds is 4. The fourth-order valence-corrected chi connectivity index (χ4v) is 2.68. The average molecular weight is 559 g/mol. The molecule has 144 valence electrons. The number of aromatic nitrogens is 6. The number of nitrogens with zero attached hydrogens (tertiary/aromatic N) is 6. The molecular weight excluding hydrogens is 545 g/mol. The zero-order valence-corrected chi connectivity index (χ0v) is 17.1. The van der Waals surface area contributed by atoms with E-state index < -0.39 is 17.0 Å². The Morgan fingerprint density at radius 3 is 1.57 bits per heavy atom. The van der Waals surface area contributed by atoms with Crippen molar-refractivity contribution in [1.82, 2.24) is 29.5 Å². The van der Waals surface area contributed by atoms with Crippen LogP contribution in [-0.4, -0.2) is 29.5 Å². The number of hydrogen-bond donors (Lipinski definition) is 0. The van der Waals surface area contributed by atoms with Crippen molar-refractivity contribution in [2.45, 2.75) is 19.3 Å². The molecule has 4 heterocycles. The van der Waals surface area contributed by atoms with Gasteiger partial charge in [-0.2, -0.15) is 0 Å². The normalized spacial score (nSPS) is 11.3. The molecule has 4 aromatic heterocycles. The Labute approximate surface area is 174 Å². The molecule has 4 aromatic rings. The van der Waals surface area contributed by atoms with Gasteiger partial charge in [-0.3, -0.25) is 20.2 Å². The molecule has 0 radical (unpaired) electrons. The summed E-state index contributed by atoms with van der Waals surface area (Å²) in [5, 5.41) is 7.79. The summed E-state index contributed by atoms with van der Waals surface area (Å²) in [6.07, 6.45) is 7.05. The van der Waals surface area contributed by atoms with E-state index >= 15 is 0 Å². The summed E-state index contributed by atoms with van der Waals surface area (Å²) < 4.78 is 28.9. The van der Waals surface area contributed by atoms with Crippen LogP contribution in [0.15, 0.2) is 48.8 Å². The second-order valence-electron chi connectivity index (χ2n) is 6.42. The third-order valence-corrected chi connectivity index (χ3v) is 4.18. The van der Waals surface area contributed by atoms with Crippen LogP contribution in [0.25, 0.3) is 11.6 Å². The van der Waals surface area contributed by atoms with E-state index in [9.17, 15) is 8.78 Å². The van der Waals surface area contributed by atoms with Crippen LogP contribution in [0.5, 0.6) is 0 Å². The maximum atomic E-state index is 13.2. The summed E-state index contributed by atoms with van der Waals surface area (Å²) >= 11 is 0. The topological polar surface area (TPSA) is 61.4 Å². The number of halogens is 2. The van der Waals surface area contributed by atoms with E-state index in [2.05, 4.69) is 32.6 Å². The molecule has 0 fully saturated rings. The molecular formula is C19H14F2N6Pt. The summed E-state index contributed by atoms with van der Waals surface area (Å²) in [6.45, 7) is 3.93. The maximum absolute atomic E-state index is 13.2. The summed E-state index contributed by atoms with van der Waals surface area (Å²) in [4.78, 5) is 9.17. The zero-order valence-electron chi connectivity index (χ0n) is 14.9. The van der Waals surface area contributed by atoms with Gasteiger partial charge in [0.05, 0.1) is 23.3 Å². The predicted octanol–water partition coefficient (Wildman–Crippen LogP) is 3.05. The molecule has 0 atom stereocenters. The first-order valence-electron chi connectivity index (χ1n) is 8.15. The van der Waals surface area contributed by atoms with Crippen LogP contribution >= 0.6 is 0 Å². The van der Waals surface area contributed by atoms with Gasteiger partial charge in [-0.25, -0.2) is 8.78 Å². The largest absolute Gasteiger partial charge is 2.00 e. The molecule has 0 amide bonds. The molecule has 4 rings (SSSR count). The molecule has 0 unspecified atom stereocenters. The van der Waals surface area contributed by atoms with Crippen LogP contribution in [-0.2, 0) is 26.5 Å². The van der Waals surface area contributed by atoms with E-state index in [-0.39, 0.29) is 21.1 Å². The minimum atomic E-state index is -0.580. The van der Waals surface area contributed by atoms with E-state index in [1.54, 1.807) is 12.1 Å². The molecule has 9 heteroatoms. The van der Waals surface area contributed by atoms with Crippen LogP contribution in [0.1, 0.15) is 25.2 Å².